The van der Waals surface area contributed by atoms with Gasteiger partial charge in [-0.15, -0.1) is 0 Å². The topological polar surface area (TPSA) is 38.0 Å². The lowest BCUT2D eigenvalue weighted by Gasteiger charge is -2.28. The molecule has 2 aromatic carbocycles. The Morgan fingerprint density at radius 3 is 2.75 bits per heavy atom. The Hall–Kier alpha value is -2.10. The van der Waals surface area contributed by atoms with Crippen LogP contribution in [-0.4, -0.2) is 0 Å². The quantitative estimate of drug-likeness (QED) is 0.811. The number of hydrogen-bond donors (Lipinski definition) is 2. The molecule has 1 unspecified atom stereocenters. The Labute approximate surface area is 116 Å². The molecule has 0 saturated heterocycles. The minimum Gasteiger partial charge on any atom is -0.397 e. The first-order valence-corrected chi connectivity index (χ1v) is 6.74. The van der Waals surface area contributed by atoms with E-state index in [0.717, 1.165) is 30.9 Å². The number of aryl methyl sites for hydroxylation is 1. The molecule has 1 atom stereocenters. The van der Waals surface area contributed by atoms with Crippen molar-refractivity contribution in [1.29, 1.82) is 0 Å². The zero-order valence-corrected chi connectivity index (χ0v) is 11.0. The predicted octanol–water partition coefficient (Wildman–Crippen LogP) is 4.04. The van der Waals surface area contributed by atoms with Gasteiger partial charge < -0.3 is 11.1 Å². The smallest absolute Gasteiger partial charge is 0.183 e. The monoisotopic (exact) mass is 274 g/mol. The molecule has 2 nitrogen and oxygen atoms in total. The molecule has 1 aliphatic carbocycles. The van der Waals surface area contributed by atoms with Gasteiger partial charge in [0.05, 0.1) is 17.4 Å². The molecule has 0 aliphatic heterocycles. The van der Waals surface area contributed by atoms with Gasteiger partial charge in [-0.05, 0) is 42.5 Å². The zero-order valence-electron chi connectivity index (χ0n) is 11.0. The molecular formula is C16H16F2N2. The molecule has 1 aliphatic rings. The van der Waals surface area contributed by atoms with Crippen LogP contribution in [0.3, 0.4) is 0 Å². The normalized spacial score (nSPS) is 17.6. The number of hydrogen-bond acceptors (Lipinski definition) is 2. The maximum atomic E-state index is 13.9. The fraction of sp³-hybridized carbons (Fsp3) is 0.250. The second-order valence-corrected chi connectivity index (χ2v) is 5.11. The molecule has 0 radical (unpaired) electrons. The van der Waals surface area contributed by atoms with Crippen LogP contribution >= 0.6 is 0 Å². The summed E-state index contributed by atoms with van der Waals surface area (Å²) >= 11 is 0. The molecule has 4 heteroatoms. The summed E-state index contributed by atoms with van der Waals surface area (Å²) in [6.45, 7) is 0. The van der Waals surface area contributed by atoms with E-state index in [4.69, 9.17) is 5.73 Å². The highest BCUT2D eigenvalue weighted by molar-refractivity contribution is 5.67. The summed E-state index contributed by atoms with van der Waals surface area (Å²) < 4.78 is 27.2. The van der Waals surface area contributed by atoms with Crippen LogP contribution in [-0.2, 0) is 6.42 Å². The summed E-state index contributed by atoms with van der Waals surface area (Å²) in [5, 5.41) is 3.07. The van der Waals surface area contributed by atoms with Gasteiger partial charge in [-0.1, -0.05) is 24.3 Å². The number of anilines is 2. The zero-order chi connectivity index (χ0) is 14.1. The van der Waals surface area contributed by atoms with Crippen LogP contribution in [0.15, 0.2) is 36.4 Å². The summed E-state index contributed by atoms with van der Waals surface area (Å²) in [5.41, 5.74) is 8.45. The minimum atomic E-state index is -0.909. The van der Waals surface area contributed by atoms with Crippen LogP contribution in [0, 0.1) is 11.6 Å². The third-order valence-electron chi connectivity index (χ3n) is 3.82. The minimum absolute atomic E-state index is 0.0291. The van der Waals surface area contributed by atoms with Crippen molar-refractivity contribution in [3.63, 3.8) is 0 Å². The molecule has 0 saturated carbocycles. The average Bonchev–Trinajstić information content (AvgIpc) is 2.48. The molecular weight excluding hydrogens is 258 g/mol. The SMILES string of the molecule is Nc1ccc(F)c(F)c1NC1CCCc2ccccc21. The maximum absolute atomic E-state index is 13.9. The molecule has 0 amide bonds. The maximum Gasteiger partial charge on any atom is 0.183 e. The van der Waals surface area contributed by atoms with Crippen LogP contribution in [0.2, 0.25) is 0 Å². The molecule has 2 aromatic rings. The number of rotatable bonds is 2. The molecule has 3 rings (SSSR count). The van der Waals surface area contributed by atoms with Crippen molar-refractivity contribution in [2.24, 2.45) is 0 Å². The summed E-state index contributed by atoms with van der Waals surface area (Å²) in [7, 11) is 0. The summed E-state index contributed by atoms with van der Waals surface area (Å²) in [4.78, 5) is 0. The van der Waals surface area contributed by atoms with E-state index in [1.165, 1.54) is 11.6 Å². The van der Waals surface area contributed by atoms with Gasteiger partial charge in [0.2, 0.25) is 0 Å². The Kier molecular flexibility index (Phi) is 3.30. The highest BCUT2D eigenvalue weighted by Crippen LogP contribution is 2.35. The van der Waals surface area contributed by atoms with E-state index in [2.05, 4.69) is 11.4 Å². The number of nitrogens with two attached hydrogens (primary N) is 1. The lowest BCUT2D eigenvalue weighted by Crippen LogP contribution is -2.19. The fourth-order valence-electron chi connectivity index (χ4n) is 2.79. The van der Waals surface area contributed by atoms with Crippen LogP contribution in [0.25, 0.3) is 0 Å². The van der Waals surface area contributed by atoms with Crippen LogP contribution in [0.4, 0.5) is 20.2 Å². The van der Waals surface area contributed by atoms with E-state index in [1.807, 2.05) is 18.2 Å². The third-order valence-corrected chi connectivity index (χ3v) is 3.82. The van der Waals surface area contributed by atoms with E-state index in [-0.39, 0.29) is 17.4 Å². The highest BCUT2D eigenvalue weighted by atomic mass is 19.2. The van der Waals surface area contributed by atoms with Gasteiger partial charge in [0.1, 0.15) is 0 Å². The number of halogens is 2. The van der Waals surface area contributed by atoms with Gasteiger partial charge >= 0.3 is 0 Å². The Morgan fingerprint density at radius 1 is 1.10 bits per heavy atom. The van der Waals surface area contributed by atoms with Crippen molar-refractivity contribution in [1.82, 2.24) is 0 Å². The summed E-state index contributed by atoms with van der Waals surface area (Å²) in [6, 6.07) is 10.5. The van der Waals surface area contributed by atoms with Crippen molar-refractivity contribution < 1.29 is 8.78 Å². The van der Waals surface area contributed by atoms with E-state index in [1.54, 1.807) is 0 Å². The van der Waals surface area contributed by atoms with Gasteiger partial charge in [0.25, 0.3) is 0 Å². The molecule has 104 valence electrons. The largest absolute Gasteiger partial charge is 0.397 e. The molecule has 20 heavy (non-hydrogen) atoms. The lowest BCUT2D eigenvalue weighted by atomic mass is 9.87. The Balaban J connectivity index is 1.96. The molecule has 0 spiro atoms. The van der Waals surface area contributed by atoms with E-state index in [0.29, 0.717) is 0 Å². The average molecular weight is 274 g/mol. The number of benzene rings is 2. The molecule has 0 aromatic heterocycles. The summed E-state index contributed by atoms with van der Waals surface area (Å²) in [5.74, 6) is -1.79. The van der Waals surface area contributed by atoms with Crippen molar-refractivity contribution in [3.05, 3.63) is 59.2 Å². The Morgan fingerprint density at radius 2 is 1.90 bits per heavy atom. The lowest BCUT2D eigenvalue weighted by molar-refractivity contribution is 0.508. The second-order valence-electron chi connectivity index (χ2n) is 5.11. The van der Waals surface area contributed by atoms with Crippen molar-refractivity contribution in [2.75, 3.05) is 11.1 Å². The molecule has 0 bridgehead atoms. The first-order valence-electron chi connectivity index (χ1n) is 6.74. The fourth-order valence-corrected chi connectivity index (χ4v) is 2.79. The molecule has 0 fully saturated rings. The van der Waals surface area contributed by atoms with Crippen LogP contribution < -0.4 is 11.1 Å². The van der Waals surface area contributed by atoms with E-state index >= 15 is 0 Å². The molecule has 3 N–H and O–H groups in total. The van der Waals surface area contributed by atoms with Crippen LogP contribution in [0.5, 0.6) is 0 Å². The predicted molar refractivity (Wildman–Crippen MR) is 76.5 cm³/mol. The van der Waals surface area contributed by atoms with Crippen molar-refractivity contribution in [2.45, 2.75) is 25.3 Å². The number of fused-ring (bicyclic) bond motifs is 1. The standard InChI is InChI=1S/C16H16F2N2/c17-12-8-9-13(19)16(15(12)18)20-14-7-3-5-10-4-1-2-6-11(10)14/h1-2,4,6,8-9,14,20H,3,5,7,19H2. The van der Waals surface area contributed by atoms with Crippen molar-refractivity contribution in [3.8, 4) is 0 Å². The Bertz CT molecular complexity index is 640. The van der Waals surface area contributed by atoms with Gasteiger partial charge in [-0.3, -0.25) is 0 Å². The van der Waals surface area contributed by atoms with Crippen molar-refractivity contribution >= 4 is 11.4 Å². The van der Waals surface area contributed by atoms with E-state index < -0.39 is 11.6 Å². The first-order chi connectivity index (χ1) is 9.66. The van der Waals surface area contributed by atoms with Gasteiger partial charge in [-0.2, -0.15) is 0 Å². The van der Waals surface area contributed by atoms with Gasteiger partial charge in [-0.25, -0.2) is 8.78 Å². The number of nitrogens with one attached hydrogen (secondary N) is 1. The van der Waals surface area contributed by atoms with Gasteiger partial charge in [0, 0.05) is 0 Å². The van der Waals surface area contributed by atoms with Crippen LogP contribution in [0.1, 0.15) is 30.0 Å². The summed E-state index contributed by atoms with van der Waals surface area (Å²) in [6.07, 6.45) is 2.92. The van der Waals surface area contributed by atoms with Gasteiger partial charge in [0.15, 0.2) is 11.6 Å². The first kappa shape index (κ1) is 12.9. The molecule has 0 heterocycles. The van der Waals surface area contributed by atoms with E-state index in [9.17, 15) is 8.78 Å². The highest BCUT2D eigenvalue weighted by Gasteiger charge is 2.22. The number of nitrogen functional groups attached to an aromatic ring is 1. The second kappa shape index (κ2) is 5.12. The third kappa shape index (κ3) is 2.22.